The van der Waals surface area contributed by atoms with Crippen LogP contribution in [0, 0.1) is 37.6 Å². The van der Waals surface area contributed by atoms with Gasteiger partial charge in [0.05, 0.1) is 12.3 Å². The van der Waals surface area contributed by atoms with E-state index in [0.29, 0.717) is 11.4 Å². The van der Waals surface area contributed by atoms with Crippen LogP contribution in [0.1, 0.15) is 16.8 Å². The molecule has 2 aromatic carbocycles. The molecule has 4 nitrogen and oxygen atoms in total. The molecule has 0 spiro atoms. The van der Waals surface area contributed by atoms with Crippen LogP contribution >= 0.6 is 0 Å². The molecule has 37 heavy (non-hydrogen) atoms. The topological polar surface area (TPSA) is 58.9 Å². The van der Waals surface area contributed by atoms with E-state index in [2.05, 4.69) is 47.0 Å². The van der Waals surface area contributed by atoms with Crippen LogP contribution < -0.4 is 0 Å². The summed E-state index contributed by atoms with van der Waals surface area (Å²) in [7, 11) is 0. The Morgan fingerprint density at radius 1 is 0.757 bits per heavy atom. The van der Waals surface area contributed by atoms with Crippen LogP contribution in [0.25, 0.3) is 33.8 Å². The Bertz CT molecular complexity index is 1400. The van der Waals surface area contributed by atoms with Crippen molar-refractivity contribution < 1.29 is 34.0 Å². The van der Waals surface area contributed by atoms with Crippen molar-refractivity contribution in [3.05, 3.63) is 126 Å². The molecule has 5 aromatic rings. The number of halogens is 2. The zero-order valence-corrected chi connectivity index (χ0v) is 22.6. The average molecular weight is 672 g/mol. The molecule has 5 rings (SSSR count). The third kappa shape index (κ3) is 6.98. The van der Waals surface area contributed by atoms with E-state index in [1.807, 2.05) is 48.8 Å². The fraction of sp³-hybridized carbons (Fsp3) is 0.100. The van der Waals surface area contributed by atoms with Gasteiger partial charge in [-0.05, 0) is 23.9 Å². The summed E-state index contributed by atoms with van der Waals surface area (Å²) in [6.07, 6.45) is 3.62. The van der Waals surface area contributed by atoms with E-state index in [0.717, 1.165) is 34.6 Å². The van der Waals surface area contributed by atoms with Crippen LogP contribution in [0.2, 0.25) is 0 Å². The van der Waals surface area contributed by atoms with Crippen LogP contribution in [0.15, 0.2) is 85.2 Å². The van der Waals surface area contributed by atoms with Gasteiger partial charge in [0.25, 0.3) is 0 Å². The summed E-state index contributed by atoms with van der Waals surface area (Å²) < 4.78 is 26.1. The van der Waals surface area contributed by atoms with Crippen molar-refractivity contribution in [1.29, 1.82) is 0 Å². The molecular weight excluding hydrogens is 649 g/mol. The van der Waals surface area contributed by atoms with E-state index in [-0.39, 0.29) is 32.3 Å². The molecule has 0 aliphatic rings. The maximum Gasteiger partial charge on any atom is 0.0843 e. The molecule has 0 fully saturated rings. The van der Waals surface area contributed by atoms with E-state index < -0.39 is 11.6 Å². The predicted octanol–water partition coefficient (Wildman–Crippen LogP) is 6.54. The van der Waals surface area contributed by atoms with Crippen LogP contribution in [0.5, 0.6) is 0 Å². The molecule has 0 amide bonds. The van der Waals surface area contributed by atoms with Gasteiger partial charge in [0.1, 0.15) is 0 Å². The van der Waals surface area contributed by atoms with Gasteiger partial charge in [-0.25, -0.2) is 0 Å². The normalized spacial score (nSPS) is 10.2. The van der Waals surface area contributed by atoms with Crippen molar-refractivity contribution in [2.75, 3.05) is 0 Å². The summed E-state index contributed by atoms with van der Waals surface area (Å²) in [5.41, 5.74) is 7.18. The molecule has 189 valence electrons. The molecule has 0 saturated heterocycles. The summed E-state index contributed by atoms with van der Waals surface area (Å²) >= 11 is 0. The van der Waals surface area contributed by atoms with E-state index >= 15 is 0 Å². The Labute approximate surface area is 228 Å². The standard InChI is InChI=1S/C18H15N2.C12H8F2NO.Ir/c1-13-11-14(2)16(18-8-4-6-10-20-18)12-15(13)17-7-3-5-9-19-17;13-8-4-5-10(11(14)6-8)12-3-1-2-9(7-16)15-12;/h3-11H,1-2H3;1-4,6,16H,7H2;/q2*-1;. The second-order valence-corrected chi connectivity index (χ2v) is 8.03. The summed E-state index contributed by atoms with van der Waals surface area (Å²) in [5, 5.41) is 8.90. The molecule has 0 aliphatic carbocycles. The number of pyridine rings is 3. The third-order valence-corrected chi connectivity index (χ3v) is 5.40. The van der Waals surface area contributed by atoms with Gasteiger partial charge in [-0.15, -0.1) is 35.4 Å². The van der Waals surface area contributed by atoms with Crippen molar-refractivity contribution in [3.63, 3.8) is 0 Å². The van der Waals surface area contributed by atoms with Crippen LogP contribution in [0.3, 0.4) is 0 Å². The van der Waals surface area contributed by atoms with E-state index in [1.54, 1.807) is 18.2 Å². The SMILES string of the molecule is Cc1cc(C)c(-c2ccccn2)[c-]c1-c1ccccn1.OCc1cccc(-c2[c-]cc(F)cc2F)n1.[Ir]. The molecule has 0 atom stereocenters. The third-order valence-electron chi connectivity index (χ3n) is 5.40. The second kappa shape index (κ2) is 13.1. The van der Waals surface area contributed by atoms with Crippen molar-refractivity contribution in [2.24, 2.45) is 0 Å². The van der Waals surface area contributed by atoms with Crippen molar-refractivity contribution in [2.45, 2.75) is 20.5 Å². The Balaban J connectivity index is 0.000000205. The first-order valence-electron chi connectivity index (χ1n) is 11.3. The minimum atomic E-state index is -0.720. The molecule has 3 aromatic heterocycles. The van der Waals surface area contributed by atoms with Gasteiger partial charge in [-0.2, -0.15) is 0 Å². The number of aliphatic hydroxyl groups is 1. The second-order valence-electron chi connectivity index (χ2n) is 8.03. The van der Waals surface area contributed by atoms with Crippen LogP contribution in [0.4, 0.5) is 8.78 Å². The number of nitrogens with zero attached hydrogens (tertiary/aromatic N) is 3. The van der Waals surface area contributed by atoms with Crippen molar-refractivity contribution in [3.8, 4) is 33.8 Å². The van der Waals surface area contributed by atoms with Crippen molar-refractivity contribution in [1.82, 2.24) is 15.0 Å². The molecule has 7 heteroatoms. The molecule has 1 N–H and O–H groups in total. The molecule has 0 saturated carbocycles. The molecule has 1 radical (unpaired) electrons. The first-order valence-corrected chi connectivity index (χ1v) is 11.3. The summed E-state index contributed by atoms with van der Waals surface area (Å²) in [4.78, 5) is 12.9. The Morgan fingerprint density at radius 2 is 1.35 bits per heavy atom. The zero-order chi connectivity index (χ0) is 25.5. The molecule has 0 unspecified atom stereocenters. The summed E-state index contributed by atoms with van der Waals surface area (Å²) in [6.45, 7) is 3.96. The largest absolute Gasteiger partial charge is 0.390 e. The van der Waals surface area contributed by atoms with Crippen molar-refractivity contribution >= 4 is 0 Å². The first kappa shape index (κ1) is 27.9. The van der Waals surface area contributed by atoms with Crippen LogP contribution in [-0.2, 0) is 26.7 Å². The fourth-order valence-electron chi connectivity index (χ4n) is 3.69. The molecular formula is C30H23F2IrN3O-2. The van der Waals surface area contributed by atoms with Gasteiger partial charge >= 0.3 is 0 Å². The number of aryl methyl sites for hydroxylation is 2. The first-order chi connectivity index (χ1) is 17.5. The van der Waals surface area contributed by atoms with Gasteiger partial charge < -0.3 is 5.11 Å². The molecule has 0 bridgehead atoms. The average Bonchev–Trinajstić information content (AvgIpc) is 2.90. The number of hydrogen-bond acceptors (Lipinski definition) is 4. The smallest absolute Gasteiger partial charge is 0.0843 e. The number of rotatable bonds is 4. The van der Waals surface area contributed by atoms with Crippen LogP contribution in [-0.4, -0.2) is 20.1 Å². The predicted molar refractivity (Wildman–Crippen MR) is 136 cm³/mol. The molecule has 3 heterocycles. The van der Waals surface area contributed by atoms with Gasteiger partial charge in [-0.1, -0.05) is 73.0 Å². The number of hydrogen-bond donors (Lipinski definition) is 1. The Morgan fingerprint density at radius 3 is 1.86 bits per heavy atom. The van der Waals surface area contributed by atoms with E-state index in [9.17, 15) is 8.78 Å². The summed E-state index contributed by atoms with van der Waals surface area (Å²) in [5.74, 6) is -1.40. The number of benzene rings is 2. The molecule has 0 aliphatic heterocycles. The van der Waals surface area contributed by atoms with Gasteiger partial charge in [0.15, 0.2) is 0 Å². The number of aromatic nitrogens is 3. The van der Waals surface area contributed by atoms with Gasteiger partial charge in [0, 0.05) is 55.5 Å². The summed E-state index contributed by atoms with van der Waals surface area (Å²) in [6, 6.07) is 26.7. The maximum atomic E-state index is 13.4. The fourth-order valence-corrected chi connectivity index (χ4v) is 3.69. The quantitative estimate of drug-likeness (QED) is 0.221. The monoisotopic (exact) mass is 672 g/mol. The Hall–Kier alpha value is -3.64. The minimum Gasteiger partial charge on any atom is -0.390 e. The van der Waals surface area contributed by atoms with E-state index in [4.69, 9.17) is 5.11 Å². The van der Waals surface area contributed by atoms with Gasteiger partial charge in [0.2, 0.25) is 0 Å². The zero-order valence-electron chi connectivity index (χ0n) is 20.2. The van der Waals surface area contributed by atoms with E-state index in [1.165, 1.54) is 11.1 Å². The maximum absolute atomic E-state index is 13.4. The van der Waals surface area contributed by atoms with Gasteiger partial charge in [-0.3, -0.25) is 23.7 Å². The number of aliphatic hydroxyl groups excluding tert-OH is 1. The minimum absolute atomic E-state index is 0. The Kier molecular flexibility index (Phi) is 9.86.